The average molecular weight is 386 g/mol. The number of ether oxygens (including phenoxy) is 1. The molecule has 1 saturated heterocycles. The van der Waals surface area contributed by atoms with Crippen LogP contribution in [0.25, 0.3) is 10.9 Å². The fourth-order valence-corrected chi connectivity index (χ4v) is 4.22. The molecular weight excluding hydrogens is 362 g/mol. The highest BCUT2D eigenvalue weighted by Crippen LogP contribution is 2.33. The minimum absolute atomic E-state index is 0.0834. The minimum Gasteiger partial charge on any atom is -0.381 e. The molecule has 27 heavy (non-hydrogen) atoms. The van der Waals surface area contributed by atoms with E-state index in [0.29, 0.717) is 26.2 Å². The van der Waals surface area contributed by atoms with E-state index in [9.17, 15) is 4.79 Å². The molecule has 1 aliphatic rings. The molecule has 3 aromatic rings. The summed E-state index contributed by atoms with van der Waals surface area (Å²) in [5.41, 5.74) is 0.907. The van der Waals surface area contributed by atoms with E-state index in [4.69, 9.17) is 16.3 Å². The lowest BCUT2D eigenvalue weighted by Crippen LogP contribution is -2.43. The number of halogens is 1. The van der Waals surface area contributed by atoms with Gasteiger partial charge in [-0.3, -0.25) is 4.79 Å². The van der Waals surface area contributed by atoms with Gasteiger partial charge in [0.05, 0.1) is 12.0 Å². The van der Waals surface area contributed by atoms with E-state index in [1.54, 1.807) is 0 Å². The van der Waals surface area contributed by atoms with Gasteiger partial charge >= 0.3 is 0 Å². The van der Waals surface area contributed by atoms with Crippen molar-refractivity contribution in [2.24, 2.45) is 0 Å². The van der Waals surface area contributed by atoms with Gasteiger partial charge in [0.2, 0.25) is 5.91 Å². The molecule has 0 saturated carbocycles. The van der Waals surface area contributed by atoms with E-state index in [0.717, 1.165) is 35.3 Å². The number of nitrogens with one attached hydrogen (secondary N) is 1. The number of benzene rings is 1. The number of rotatable bonds is 6. The number of hydrogen-bond acceptors (Lipinski definition) is 2. The second-order valence-electron chi connectivity index (χ2n) is 7.14. The van der Waals surface area contributed by atoms with Gasteiger partial charge in [0.15, 0.2) is 0 Å². The van der Waals surface area contributed by atoms with E-state index in [2.05, 4.69) is 14.5 Å². The minimum atomic E-state index is -0.181. The fraction of sp³-hybridized carbons (Fsp3) is 0.381. The third kappa shape index (κ3) is 3.75. The molecule has 0 spiro atoms. The first-order valence-electron chi connectivity index (χ1n) is 9.39. The zero-order valence-corrected chi connectivity index (χ0v) is 16.0. The molecule has 1 fully saturated rings. The molecule has 1 aliphatic heterocycles. The van der Waals surface area contributed by atoms with Gasteiger partial charge in [-0.2, -0.15) is 0 Å². The molecule has 2 aromatic heterocycles. The maximum atomic E-state index is 12.7. The number of nitrogens with zero attached hydrogens (tertiary/aromatic N) is 2. The number of hydrogen-bond donors (Lipinski definition) is 1. The highest BCUT2D eigenvalue weighted by Gasteiger charge is 2.35. The van der Waals surface area contributed by atoms with Crippen molar-refractivity contribution in [1.82, 2.24) is 14.5 Å². The van der Waals surface area contributed by atoms with Gasteiger partial charge in [0.1, 0.15) is 0 Å². The van der Waals surface area contributed by atoms with Crippen molar-refractivity contribution < 1.29 is 9.53 Å². The first kappa shape index (κ1) is 18.1. The normalized spacial score (nSPS) is 16.5. The fourth-order valence-electron chi connectivity index (χ4n) is 3.99. The molecule has 0 atom stereocenters. The van der Waals surface area contributed by atoms with Gasteiger partial charge in [0, 0.05) is 60.8 Å². The second-order valence-corrected chi connectivity index (χ2v) is 7.54. The summed E-state index contributed by atoms with van der Waals surface area (Å²) in [7, 11) is 0. The Kier molecular flexibility index (Phi) is 5.23. The molecule has 0 aliphatic carbocycles. The van der Waals surface area contributed by atoms with Crippen LogP contribution in [0.2, 0.25) is 5.02 Å². The first-order chi connectivity index (χ1) is 13.2. The first-order valence-corrected chi connectivity index (χ1v) is 9.77. The molecule has 1 aromatic carbocycles. The van der Waals surface area contributed by atoms with Gasteiger partial charge in [-0.25, -0.2) is 0 Å². The van der Waals surface area contributed by atoms with E-state index in [1.807, 2.05) is 55.0 Å². The van der Waals surface area contributed by atoms with E-state index in [1.165, 1.54) is 0 Å². The summed E-state index contributed by atoms with van der Waals surface area (Å²) in [6.45, 7) is 2.70. The highest BCUT2D eigenvalue weighted by atomic mass is 35.5. The number of aromatic nitrogens is 2. The van der Waals surface area contributed by atoms with Crippen molar-refractivity contribution >= 4 is 28.4 Å². The summed E-state index contributed by atoms with van der Waals surface area (Å²) in [4.78, 5) is 12.7. The molecule has 0 radical (unpaired) electrons. The van der Waals surface area contributed by atoms with Gasteiger partial charge < -0.3 is 19.2 Å². The smallest absolute Gasteiger partial charge is 0.222 e. The maximum absolute atomic E-state index is 12.7. The van der Waals surface area contributed by atoms with Crippen molar-refractivity contribution in [3.05, 3.63) is 60.0 Å². The molecule has 1 amide bonds. The summed E-state index contributed by atoms with van der Waals surface area (Å²) in [6.07, 6.45) is 8.31. The van der Waals surface area contributed by atoms with Crippen LogP contribution in [0.3, 0.4) is 0 Å². The van der Waals surface area contributed by atoms with Crippen LogP contribution in [0.4, 0.5) is 0 Å². The Morgan fingerprint density at radius 2 is 1.89 bits per heavy atom. The molecule has 0 bridgehead atoms. The Labute approximate surface area is 163 Å². The van der Waals surface area contributed by atoms with Crippen molar-refractivity contribution in [3.63, 3.8) is 0 Å². The van der Waals surface area contributed by atoms with Crippen molar-refractivity contribution in [3.8, 4) is 0 Å². The summed E-state index contributed by atoms with van der Waals surface area (Å²) < 4.78 is 9.83. The highest BCUT2D eigenvalue weighted by molar-refractivity contribution is 6.35. The van der Waals surface area contributed by atoms with Gasteiger partial charge in [-0.05, 0) is 43.2 Å². The molecule has 1 N–H and O–H groups in total. The molecule has 4 rings (SSSR count). The molecule has 0 unspecified atom stereocenters. The SMILES string of the molecule is O=C(CC1(n2cccc2)CCOCC1)NCCn1ccc2c(Cl)cccc21. The molecule has 5 nitrogen and oxygen atoms in total. The Balaban J connectivity index is 1.38. The quantitative estimate of drug-likeness (QED) is 0.701. The molecule has 3 heterocycles. The topological polar surface area (TPSA) is 48.2 Å². The Morgan fingerprint density at radius 1 is 1.11 bits per heavy atom. The van der Waals surface area contributed by atoms with Crippen LogP contribution < -0.4 is 5.32 Å². The standard InChI is InChI=1S/C21H24ClN3O2/c22-18-4-3-5-19-17(18)6-12-24(19)13-9-23-20(26)16-21(7-14-27-15-8-21)25-10-1-2-11-25/h1-6,10-12H,7-9,13-16H2,(H,23,26). The van der Waals surface area contributed by atoms with E-state index >= 15 is 0 Å². The third-order valence-electron chi connectivity index (χ3n) is 5.50. The third-order valence-corrected chi connectivity index (χ3v) is 5.83. The van der Waals surface area contributed by atoms with Crippen LogP contribution in [0, 0.1) is 0 Å². The van der Waals surface area contributed by atoms with Crippen LogP contribution in [0.5, 0.6) is 0 Å². The Hall–Kier alpha value is -2.24. The molecule has 6 heteroatoms. The number of carbonyl (C=O) groups is 1. The van der Waals surface area contributed by atoms with Crippen LogP contribution in [-0.4, -0.2) is 34.8 Å². The predicted octanol–water partition coefficient (Wildman–Crippen LogP) is 3.81. The molecule has 142 valence electrons. The number of amides is 1. The van der Waals surface area contributed by atoms with Gasteiger partial charge in [-0.1, -0.05) is 17.7 Å². The van der Waals surface area contributed by atoms with E-state index < -0.39 is 0 Å². The second kappa shape index (κ2) is 7.79. The van der Waals surface area contributed by atoms with Crippen molar-refractivity contribution in [1.29, 1.82) is 0 Å². The lowest BCUT2D eigenvalue weighted by Gasteiger charge is -2.38. The summed E-state index contributed by atoms with van der Waals surface area (Å²) >= 11 is 6.23. The molecular formula is C21H24ClN3O2. The maximum Gasteiger partial charge on any atom is 0.222 e. The van der Waals surface area contributed by atoms with Crippen molar-refractivity contribution in [2.45, 2.75) is 31.3 Å². The number of carbonyl (C=O) groups excluding carboxylic acids is 1. The number of fused-ring (bicyclic) bond motifs is 1. The van der Waals surface area contributed by atoms with Crippen LogP contribution in [-0.2, 0) is 21.6 Å². The largest absolute Gasteiger partial charge is 0.381 e. The van der Waals surface area contributed by atoms with Crippen molar-refractivity contribution in [2.75, 3.05) is 19.8 Å². The monoisotopic (exact) mass is 385 g/mol. The van der Waals surface area contributed by atoms with Crippen LogP contribution >= 0.6 is 11.6 Å². The van der Waals surface area contributed by atoms with Crippen LogP contribution in [0.1, 0.15) is 19.3 Å². The lowest BCUT2D eigenvalue weighted by atomic mass is 9.86. The average Bonchev–Trinajstić information content (AvgIpc) is 3.34. The zero-order valence-electron chi connectivity index (χ0n) is 15.2. The lowest BCUT2D eigenvalue weighted by molar-refractivity contribution is -0.124. The zero-order chi connectivity index (χ0) is 18.7. The van der Waals surface area contributed by atoms with Gasteiger partial charge in [-0.15, -0.1) is 0 Å². The summed E-state index contributed by atoms with van der Waals surface area (Å²) in [5.74, 6) is 0.0834. The van der Waals surface area contributed by atoms with Crippen LogP contribution in [0.15, 0.2) is 55.0 Å². The predicted molar refractivity (Wildman–Crippen MR) is 107 cm³/mol. The summed E-state index contributed by atoms with van der Waals surface area (Å²) in [6, 6.07) is 11.9. The Morgan fingerprint density at radius 3 is 2.67 bits per heavy atom. The van der Waals surface area contributed by atoms with E-state index in [-0.39, 0.29) is 11.4 Å². The Bertz CT molecular complexity index is 911. The van der Waals surface area contributed by atoms with Gasteiger partial charge in [0.25, 0.3) is 0 Å². The summed E-state index contributed by atoms with van der Waals surface area (Å²) in [5, 5.41) is 4.88.